The summed E-state index contributed by atoms with van der Waals surface area (Å²) >= 11 is 6.43. The normalized spacial score (nSPS) is 26.6. The molecule has 11 heteroatoms. The first-order valence-electron chi connectivity index (χ1n) is 14.4. The van der Waals surface area contributed by atoms with E-state index in [2.05, 4.69) is 19.9 Å². The van der Waals surface area contributed by atoms with Gasteiger partial charge in [0.2, 0.25) is 0 Å². The number of benzene rings is 2. The molecular weight excluding hydrogens is 564 g/mol. The molecule has 2 aromatic heterocycles. The summed E-state index contributed by atoms with van der Waals surface area (Å²) in [5.74, 6) is 0.458. The predicted molar refractivity (Wildman–Crippen MR) is 157 cm³/mol. The molecule has 42 heavy (non-hydrogen) atoms. The van der Waals surface area contributed by atoms with E-state index in [1.54, 1.807) is 30.5 Å². The predicted octanol–water partition coefficient (Wildman–Crippen LogP) is 5.36. The highest BCUT2D eigenvalue weighted by Crippen LogP contribution is 2.44. The van der Waals surface area contributed by atoms with Crippen molar-refractivity contribution in [3.8, 4) is 23.0 Å². The zero-order valence-corrected chi connectivity index (χ0v) is 23.9. The van der Waals surface area contributed by atoms with Gasteiger partial charge in [0.1, 0.15) is 28.9 Å². The van der Waals surface area contributed by atoms with Crippen LogP contribution in [0.1, 0.15) is 25.7 Å². The van der Waals surface area contributed by atoms with Gasteiger partial charge in [-0.3, -0.25) is 9.88 Å². The van der Waals surface area contributed by atoms with E-state index in [0.29, 0.717) is 57.6 Å². The van der Waals surface area contributed by atoms with Crippen LogP contribution < -0.4 is 9.64 Å². The molecule has 0 radical (unpaired) electrons. The number of aromatic hydroxyl groups is 1. The van der Waals surface area contributed by atoms with Gasteiger partial charge in [0, 0.05) is 53.8 Å². The van der Waals surface area contributed by atoms with Crippen LogP contribution in [0.2, 0.25) is 5.02 Å². The van der Waals surface area contributed by atoms with E-state index < -0.39 is 12.0 Å². The third-order valence-electron chi connectivity index (χ3n) is 9.28. The molecule has 0 bridgehead atoms. The summed E-state index contributed by atoms with van der Waals surface area (Å²) in [6.45, 7) is 3.22. The van der Waals surface area contributed by atoms with E-state index >= 15 is 4.39 Å². The van der Waals surface area contributed by atoms with Crippen molar-refractivity contribution >= 4 is 39.1 Å². The van der Waals surface area contributed by atoms with E-state index in [1.165, 1.54) is 26.0 Å². The number of alkyl halides is 1. The fourth-order valence-electron chi connectivity index (χ4n) is 7.17. The highest BCUT2D eigenvalue weighted by Gasteiger charge is 2.47. The van der Waals surface area contributed by atoms with Gasteiger partial charge in [-0.15, -0.1) is 0 Å². The molecule has 8 nitrogen and oxygen atoms in total. The number of pyridine rings is 1. The van der Waals surface area contributed by atoms with Crippen LogP contribution in [0.5, 0.6) is 11.8 Å². The minimum absolute atomic E-state index is 0.0203. The number of aliphatic hydroxyl groups excluding tert-OH is 1. The van der Waals surface area contributed by atoms with Crippen molar-refractivity contribution in [2.45, 2.75) is 44.0 Å². The Kier molecular flexibility index (Phi) is 7.03. The van der Waals surface area contributed by atoms with Gasteiger partial charge in [-0.25, -0.2) is 8.78 Å². The van der Waals surface area contributed by atoms with Crippen molar-refractivity contribution in [2.75, 3.05) is 38.2 Å². The molecule has 3 unspecified atom stereocenters. The zero-order chi connectivity index (χ0) is 29.1. The minimum atomic E-state index is -0.650. The van der Waals surface area contributed by atoms with E-state index in [4.69, 9.17) is 16.3 Å². The number of hydrogen-bond donors (Lipinski definition) is 2. The number of ether oxygens (including phenoxy) is 1. The van der Waals surface area contributed by atoms with Crippen LogP contribution in [0.4, 0.5) is 14.6 Å². The molecule has 2 aromatic carbocycles. The number of aliphatic hydroxyl groups is 1. The Balaban J connectivity index is 0.000000272. The number of aromatic nitrogens is 3. The molecule has 3 aliphatic heterocycles. The second-order valence-corrected chi connectivity index (χ2v) is 12.2. The molecule has 4 aromatic rings. The Morgan fingerprint density at radius 2 is 1.98 bits per heavy atom. The van der Waals surface area contributed by atoms with Crippen LogP contribution in [0.15, 0.2) is 36.5 Å². The molecule has 1 aliphatic carbocycles. The molecule has 220 valence electrons. The standard InChI is InChI=1S/C24H20ClFN4O3.C7H12FN/c1-33-24-28-22-15(23(29-24)30-9-12-6-18(32)16(12)10-30)8-27-21(20(22)26)14-7-13(31)5-11-3-2-4-17(25)19(11)14;8-6-4-7-2-1-3-9(7)5-6/h2-5,7-8,12,16,18,31-32H,6,9-10H2,1H3;6-7H,1-5H2/t12-,16+,18?;/m0./s1. The summed E-state index contributed by atoms with van der Waals surface area (Å²) in [5.41, 5.74) is 0.474. The van der Waals surface area contributed by atoms with Crippen molar-refractivity contribution in [3.63, 3.8) is 0 Å². The molecule has 3 saturated heterocycles. The van der Waals surface area contributed by atoms with Crippen LogP contribution in [0.3, 0.4) is 0 Å². The average molecular weight is 596 g/mol. The van der Waals surface area contributed by atoms with Gasteiger partial charge in [0.05, 0.1) is 18.6 Å². The lowest BCUT2D eigenvalue weighted by atomic mass is 9.74. The third-order valence-corrected chi connectivity index (χ3v) is 9.60. The van der Waals surface area contributed by atoms with E-state index in [0.717, 1.165) is 25.9 Å². The van der Waals surface area contributed by atoms with Crippen LogP contribution in [-0.2, 0) is 0 Å². The number of fused-ring (bicyclic) bond motifs is 4. The van der Waals surface area contributed by atoms with Crippen LogP contribution in [0, 0.1) is 17.7 Å². The van der Waals surface area contributed by atoms with Crippen molar-refractivity contribution in [3.05, 3.63) is 47.4 Å². The highest BCUT2D eigenvalue weighted by molar-refractivity contribution is 6.36. The Labute approximate surface area is 246 Å². The van der Waals surface area contributed by atoms with Gasteiger partial charge in [-0.1, -0.05) is 23.7 Å². The Morgan fingerprint density at radius 1 is 1.12 bits per heavy atom. The maximum Gasteiger partial charge on any atom is 0.318 e. The maximum atomic E-state index is 16.0. The quantitative estimate of drug-likeness (QED) is 0.327. The highest BCUT2D eigenvalue weighted by atomic mass is 35.5. The Bertz CT molecular complexity index is 1660. The van der Waals surface area contributed by atoms with E-state index in [1.807, 2.05) is 4.90 Å². The fourth-order valence-corrected chi connectivity index (χ4v) is 7.45. The smallest absolute Gasteiger partial charge is 0.318 e. The van der Waals surface area contributed by atoms with Crippen molar-refractivity contribution in [1.29, 1.82) is 0 Å². The Hall–Kier alpha value is -3.34. The second kappa shape index (κ2) is 10.7. The Morgan fingerprint density at radius 3 is 2.74 bits per heavy atom. The first kappa shape index (κ1) is 27.5. The van der Waals surface area contributed by atoms with Gasteiger partial charge < -0.3 is 19.8 Å². The fraction of sp³-hybridized carbons (Fsp3) is 0.452. The summed E-state index contributed by atoms with van der Waals surface area (Å²) in [6, 6.07) is 8.95. The lowest BCUT2D eigenvalue weighted by Crippen LogP contribution is -2.39. The first-order valence-corrected chi connectivity index (χ1v) is 14.8. The van der Waals surface area contributed by atoms with Gasteiger partial charge in [0.25, 0.3) is 0 Å². The molecule has 5 atom stereocenters. The van der Waals surface area contributed by atoms with Crippen molar-refractivity contribution in [1.82, 2.24) is 19.9 Å². The van der Waals surface area contributed by atoms with Gasteiger partial charge >= 0.3 is 6.01 Å². The van der Waals surface area contributed by atoms with Crippen LogP contribution >= 0.6 is 11.6 Å². The van der Waals surface area contributed by atoms with E-state index in [9.17, 15) is 14.6 Å². The number of halogens is 3. The molecule has 0 spiro atoms. The van der Waals surface area contributed by atoms with Crippen LogP contribution in [-0.4, -0.2) is 81.7 Å². The summed E-state index contributed by atoms with van der Waals surface area (Å²) in [5, 5.41) is 22.4. The average Bonchev–Trinajstić information content (AvgIpc) is 3.65. The number of rotatable bonds is 3. The second-order valence-electron chi connectivity index (χ2n) is 11.8. The lowest BCUT2D eigenvalue weighted by Gasteiger charge is -2.34. The van der Waals surface area contributed by atoms with Crippen molar-refractivity contribution < 1.29 is 23.7 Å². The molecule has 5 heterocycles. The SMILES string of the molecule is COc1nc(N2C[C@@H]3CC(O)[C@@H]3C2)c2cnc(-c3cc(O)cc4cccc(Cl)c34)c(F)c2n1.FC1CC2CCCN2C1. The number of hydrogen-bond acceptors (Lipinski definition) is 8. The number of anilines is 1. The number of nitrogens with zero attached hydrogens (tertiary/aromatic N) is 5. The molecule has 4 fully saturated rings. The van der Waals surface area contributed by atoms with Gasteiger partial charge in [-0.2, -0.15) is 9.97 Å². The molecule has 0 amide bonds. The number of methoxy groups -OCH3 is 1. The van der Waals surface area contributed by atoms with E-state index in [-0.39, 0.29) is 35.0 Å². The summed E-state index contributed by atoms with van der Waals surface area (Å²) in [7, 11) is 1.44. The summed E-state index contributed by atoms with van der Waals surface area (Å²) in [4.78, 5) is 17.5. The van der Waals surface area contributed by atoms with Crippen LogP contribution in [0.25, 0.3) is 32.9 Å². The van der Waals surface area contributed by atoms with Gasteiger partial charge in [0.15, 0.2) is 5.82 Å². The molecule has 8 rings (SSSR count). The molecule has 4 aliphatic rings. The maximum absolute atomic E-state index is 16.0. The molecule has 2 N–H and O–H groups in total. The monoisotopic (exact) mass is 595 g/mol. The largest absolute Gasteiger partial charge is 0.508 e. The number of phenolic OH excluding ortho intramolecular Hbond substituents is 1. The first-order chi connectivity index (χ1) is 20.3. The third kappa shape index (κ3) is 4.69. The minimum Gasteiger partial charge on any atom is -0.508 e. The summed E-state index contributed by atoms with van der Waals surface area (Å²) in [6.07, 6.45) is 4.82. The lowest BCUT2D eigenvalue weighted by molar-refractivity contribution is -0.00399. The van der Waals surface area contributed by atoms with Crippen molar-refractivity contribution in [2.24, 2.45) is 11.8 Å². The topological polar surface area (TPSA) is 94.8 Å². The van der Waals surface area contributed by atoms with Gasteiger partial charge in [-0.05, 0) is 61.7 Å². The zero-order valence-electron chi connectivity index (χ0n) is 23.2. The summed E-state index contributed by atoms with van der Waals surface area (Å²) < 4.78 is 33.8. The molecule has 1 saturated carbocycles. The number of phenols is 1. The molecular formula is C31H32ClF2N5O3.